The van der Waals surface area contributed by atoms with Gasteiger partial charge in [0.15, 0.2) is 5.96 Å². The van der Waals surface area contributed by atoms with E-state index in [4.69, 9.17) is 9.15 Å². The minimum Gasteiger partial charge on any atom is -0.496 e. The van der Waals surface area contributed by atoms with Gasteiger partial charge in [-0.15, -0.1) is 0 Å². The number of rotatable bonds is 9. The number of guanidine groups is 1. The van der Waals surface area contributed by atoms with Gasteiger partial charge in [-0.05, 0) is 36.4 Å². The maximum atomic E-state index is 5.46. The van der Waals surface area contributed by atoms with Gasteiger partial charge in [-0.25, -0.2) is 0 Å². The first kappa shape index (κ1) is 21.5. The lowest BCUT2D eigenvalue weighted by molar-refractivity contribution is 0.287. The molecule has 3 rings (SSSR count). The van der Waals surface area contributed by atoms with E-state index in [2.05, 4.69) is 51.8 Å². The largest absolute Gasteiger partial charge is 0.496 e. The number of hydrogen-bond acceptors (Lipinski definition) is 4. The first-order valence-electron chi connectivity index (χ1n) is 10.0. The van der Waals surface area contributed by atoms with Crippen molar-refractivity contribution in [2.45, 2.75) is 26.2 Å². The summed E-state index contributed by atoms with van der Waals surface area (Å²) in [7, 11) is 5.56. The highest BCUT2D eigenvalue weighted by atomic mass is 16.5. The molecule has 1 aromatic heterocycles. The number of furan rings is 1. The molecule has 0 aliphatic rings. The molecule has 6 nitrogen and oxygen atoms in total. The van der Waals surface area contributed by atoms with Crippen molar-refractivity contribution in [1.82, 2.24) is 15.5 Å². The number of methoxy groups -OCH3 is 1. The Morgan fingerprint density at radius 1 is 0.900 bits per heavy atom. The highest BCUT2D eigenvalue weighted by Crippen LogP contribution is 2.17. The lowest BCUT2D eigenvalue weighted by atomic mass is 10.1. The van der Waals surface area contributed by atoms with Gasteiger partial charge in [0.1, 0.15) is 11.5 Å². The predicted octanol–water partition coefficient (Wildman–Crippen LogP) is 3.79. The van der Waals surface area contributed by atoms with Crippen molar-refractivity contribution in [3.8, 4) is 5.75 Å². The Labute approximate surface area is 178 Å². The van der Waals surface area contributed by atoms with Crippen molar-refractivity contribution in [2.75, 3.05) is 21.2 Å². The lowest BCUT2D eigenvalue weighted by Gasteiger charge is -2.19. The van der Waals surface area contributed by atoms with Crippen molar-refractivity contribution in [1.29, 1.82) is 0 Å². The third kappa shape index (κ3) is 6.12. The summed E-state index contributed by atoms with van der Waals surface area (Å²) in [5.74, 6) is 2.58. The highest BCUT2D eigenvalue weighted by molar-refractivity contribution is 5.79. The molecule has 0 saturated heterocycles. The van der Waals surface area contributed by atoms with Gasteiger partial charge in [-0.2, -0.15) is 0 Å². The summed E-state index contributed by atoms with van der Waals surface area (Å²) in [6.45, 7) is 2.94. The fourth-order valence-corrected chi connectivity index (χ4v) is 3.33. The molecule has 2 N–H and O–H groups in total. The van der Waals surface area contributed by atoms with Crippen molar-refractivity contribution in [3.05, 3.63) is 89.4 Å². The standard InChI is InChI=1S/C24H30N4O2/c1-25-24(27-16-20-10-6-7-13-23(20)29-3)26-15-19-9-4-5-11-21(19)17-28(2)18-22-12-8-14-30-22/h4-14H,15-18H2,1-3H3,(H2,25,26,27). The minimum absolute atomic E-state index is 0.636. The van der Waals surface area contributed by atoms with Gasteiger partial charge < -0.3 is 19.8 Å². The third-order valence-electron chi connectivity index (χ3n) is 4.87. The summed E-state index contributed by atoms with van der Waals surface area (Å²) in [6.07, 6.45) is 1.71. The van der Waals surface area contributed by atoms with Crippen LogP contribution in [0.15, 0.2) is 76.3 Å². The fourth-order valence-electron chi connectivity index (χ4n) is 3.33. The molecule has 0 fully saturated rings. The predicted molar refractivity (Wildman–Crippen MR) is 120 cm³/mol. The number of para-hydroxylation sites is 1. The maximum absolute atomic E-state index is 5.46. The van der Waals surface area contributed by atoms with Gasteiger partial charge in [0.05, 0.1) is 19.9 Å². The Morgan fingerprint density at radius 2 is 1.57 bits per heavy atom. The van der Waals surface area contributed by atoms with Crippen molar-refractivity contribution in [2.24, 2.45) is 4.99 Å². The van der Waals surface area contributed by atoms with Gasteiger partial charge in [-0.3, -0.25) is 9.89 Å². The first-order valence-corrected chi connectivity index (χ1v) is 10.0. The second-order valence-corrected chi connectivity index (χ2v) is 7.11. The van der Waals surface area contributed by atoms with Crippen LogP contribution in [0.2, 0.25) is 0 Å². The lowest BCUT2D eigenvalue weighted by Crippen LogP contribution is -2.36. The molecule has 0 saturated carbocycles. The molecule has 1 heterocycles. The molecule has 0 atom stereocenters. The number of hydrogen-bond donors (Lipinski definition) is 2. The zero-order valence-corrected chi connectivity index (χ0v) is 17.9. The molecule has 158 valence electrons. The summed E-state index contributed by atoms with van der Waals surface area (Å²) in [5, 5.41) is 6.77. The zero-order chi connectivity index (χ0) is 21.2. The van der Waals surface area contributed by atoms with E-state index < -0.39 is 0 Å². The number of nitrogens with zero attached hydrogens (tertiary/aromatic N) is 2. The van der Waals surface area contributed by atoms with Crippen LogP contribution in [0.4, 0.5) is 0 Å². The average Bonchev–Trinajstić information content (AvgIpc) is 3.28. The van der Waals surface area contributed by atoms with E-state index in [-0.39, 0.29) is 0 Å². The van der Waals surface area contributed by atoms with Crippen LogP contribution in [-0.4, -0.2) is 32.1 Å². The topological polar surface area (TPSA) is 62.0 Å². The second-order valence-electron chi connectivity index (χ2n) is 7.11. The van der Waals surface area contributed by atoms with Crippen LogP contribution in [0.25, 0.3) is 0 Å². The van der Waals surface area contributed by atoms with Crippen LogP contribution < -0.4 is 15.4 Å². The van der Waals surface area contributed by atoms with Crippen molar-refractivity contribution in [3.63, 3.8) is 0 Å². The Bertz CT molecular complexity index is 938. The van der Waals surface area contributed by atoms with Crippen LogP contribution in [-0.2, 0) is 26.2 Å². The Morgan fingerprint density at radius 3 is 2.23 bits per heavy atom. The molecule has 3 aromatic rings. The Balaban J connectivity index is 1.56. The molecule has 0 amide bonds. The number of nitrogens with one attached hydrogen (secondary N) is 2. The molecule has 30 heavy (non-hydrogen) atoms. The summed E-state index contributed by atoms with van der Waals surface area (Å²) < 4.78 is 10.9. The van der Waals surface area contributed by atoms with Crippen LogP contribution in [0.3, 0.4) is 0 Å². The monoisotopic (exact) mass is 406 g/mol. The molecule has 6 heteroatoms. The summed E-state index contributed by atoms with van der Waals surface area (Å²) >= 11 is 0. The molecule has 0 radical (unpaired) electrons. The van der Waals surface area contributed by atoms with Gasteiger partial charge in [-0.1, -0.05) is 42.5 Å². The van der Waals surface area contributed by atoms with E-state index in [0.717, 1.165) is 36.1 Å². The zero-order valence-electron chi connectivity index (χ0n) is 17.9. The Hall–Kier alpha value is -3.25. The van der Waals surface area contributed by atoms with Crippen LogP contribution in [0.5, 0.6) is 5.75 Å². The highest BCUT2D eigenvalue weighted by Gasteiger charge is 2.09. The van der Waals surface area contributed by atoms with Crippen molar-refractivity contribution >= 4 is 5.96 Å². The molecule has 0 aliphatic heterocycles. The van der Waals surface area contributed by atoms with E-state index in [1.807, 2.05) is 36.4 Å². The quantitative estimate of drug-likeness (QED) is 0.418. The smallest absolute Gasteiger partial charge is 0.191 e. The minimum atomic E-state index is 0.636. The molecular formula is C24H30N4O2. The number of ether oxygens (including phenoxy) is 1. The van der Waals surface area contributed by atoms with E-state index in [1.165, 1.54) is 11.1 Å². The number of benzene rings is 2. The van der Waals surface area contributed by atoms with E-state index >= 15 is 0 Å². The van der Waals surface area contributed by atoms with E-state index in [1.54, 1.807) is 20.4 Å². The molecule has 0 unspecified atom stereocenters. The van der Waals surface area contributed by atoms with E-state index in [0.29, 0.717) is 13.1 Å². The average molecular weight is 407 g/mol. The summed E-state index contributed by atoms with van der Waals surface area (Å²) in [6, 6.07) is 20.4. The van der Waals surface area contributed by atoms with Crippen LogP contribution in [0, 0.1) is 0 Å². The molecule has 0 bridgehead atoms. The number of aliphatic imine (C=N–C) groups is 1. The van der Waals surface area contributed by atoms with Crippen molar-refractivity contribution < 1.29 is 9.15 Å². The summed E-state index contributed by atoms with van der Waals surface area (Å²) in [5.41, 5.74) is 3.60. The van der Waals surface area contributed by atoms with Crippen LogP contribution >= 0.6 is 0 Å². The van der Waals surface area contributed by atoms with Gasteiger partial charge in [0, 0.05) is 32.2 Å². The SMILES string of the molecule is CN=C(NCc1ccccc1CN(C)Cc1ccco1)NCc1ccccc1OC. The van der Waals surface area contributed by atoms with E-state index in [9.17, 15) is 0 Å². The second kappa shape index (κ2) is 11.1. The third-order valence-corrected chi connectivity index (χ3v) is 4.87. The maximum Gasteiger partial charge on any atom is 0.191 e. The Kier molecular flexibility index (Phi) is 7.92. The first-order chi connectivity index (χ1) is 14.7. The normalized spacial score (nSPS) is 11.5. The molecule has 0 spiro atoms. The summed E-state index contributed by atoms with van der Waals surface area (Å²) in [4.78, 5) is 6.59. The molecular weight excluding hydrogens is 376 g/mol. The van der Waals surface area contributed by atoms with Gasteiger partial charge in [0.25, 0.3) is 0 Å². The fraction of sp³-hybridized carbons (Fsp3) is 0.292. The molecule has 2 aromatic carbocycles. The van der Waals surface area contributed by atoms with Gasteiger partial charge in [0.2, 0.25) is 0 Å². The van der Waals surface area contributed by atoms with Crippen LogP contribution in [0.1, 0.15) is 22.5 Å². The molecule has 0 aliphatic carbocycles. The van der Waals surface area contributed by atoms with Gasteiger partial charge >= 0.3 is 0 Å².